The Bertz CT molecular complexity index is 1180. The van der Waals surface area contributed by atoms with Crippen LogP contribution in [-0.4, -0.2) is 38.7 Å². The number of benzene rings is 1. The topological polar surface area (TPSA) is 121 Å². The second-order valence-electron chi connectivity index (χ2n) is 9.20. The first-order chi connectivity index (χ1) is 15.2. The van der Waals surface area contributed by atoms with Crippen molar-refractivity contribution in [3.63, 3.8) is 0 Å². The Morgan fingerprint density at radius 2 is 1.85 bits per heavy atom. The second kappa shape index (κ2) is 7.21. The number of halogens is 3. The van der Waals surface area contributed by atoms with Gasteiger partial charge in [0.2, 0.25) is 11.6 Å². The number of fused-ring (bicyclic) bond motifs is 3. The molecule has 0 saturated heterocycles. The maximum atomic E-state index is 13.5. The Balaban J connectivity index is 1.90. The summed E-state index contributed by atoms with van der Waals surface area (Å²) in [6.07, 6.45) is -4.34. The van der Waals surface area contributed by atoms with Crippen LogP contribution in [0.4, 0.5) is 13.2 Å². The standard InChI is InChI=1S/C24H24F3NO5/c1-9-6-13-7-12-8-15-14(10(2)24(25,26)27)4-5-16(29)19(15)20(30)18(12)22(32)23(13,33)21(31)17(9)11(3)28/h4-5,10,12-13,29-30,33H,3,6-8,28H2,1-2H3/t10-,12+,13+,23+/m0/s1. The summed E-state index contributed by atoms with van der Waals surface area (Å²) in [5.74, 6) is -6.53. The van der Waals surface area contributed by atoms with E-state index in [9.17, 15) is 38.1 Å². The minimum Gasteiger partial charge on any atom is -0.507 e. The third-order valence-electron chi connectivity index (χ3n) is 7.26. The van der Waals surface area contributed by atoms with E-state index in [0.29, 0.717) is 5.57 Å². The van der Waals surface area contributed by atoms with Gasteiger partial charge < -0.3 is 21.1 Å². The van der Waals surface area contributed by atoms with Crippen molar-refractivity contribution in [2.75, 3.05) is 0 Å². The van der Waals surface area contributed by atoms with Crippen molar-refractivity contribution < 1.29 is 38.1 Å². The summed E-state index contributed by atoms with van der Waals surface area (Å²) in [6, 6.07) is 2.20. The van der Waals surface area contributed by atoms with E-state index >= 15 is 0 Å². The smallest absolute Gasteiger partial charge is 0.395 e. The van der Waals surface area contributed by atoms with Gasteiger partial charge >= 0.3 is 6.18 Å². The fraction of sp³-hybridized carbons (Fsp3) is 0.417. The van der Waals surface area contributed by atoms with Crippen molar-refractivity contribution in [2.45, 2.75) is 50.8 Å². The lowest BCUT2D eigenvalue weighted by atomic mass is 9.57. The summed E-state index contributed by atoms with van der Waals surface area (Å²) in [5.41, 5.74) is 3.16. The van der Waals surface area contributed by atoms with Crippen molar-refractivity contribution in [3.8, 4) is 5.75 Å². The maximum absolute atomic E-state index is 13.5. The van der Waals surface area contributed by atoms with Crippen LogP contribution in [0.15, 0.2) is 41.1 Å². The van der Waals surface area contributed by atoms with Gasteiger partial charge in [-0.2, -0.15) is 13.2 Å². The van der Waals surface area contributed by atoms with Crippen LogP contribution in [-0.2, 0) is 16.0 Å². The summed E-state index contributed by atoms with van der Waals surface area (Å²) >= 11 is 0. The van der Waals surface area contributed by atoms with Gasteiger partial charge in [0.15, 0.2) is 5.60 Å². The van der Waals surface area contributed by atoms with Gasteiger partial charge in [-0.05, 0) is 56.2 Å². The van der Waals surface area contributed by atoms with E-state index in [4.69, 9.17) is 5.73 Å². The number of hydrogen-bond acceptors (Lipinski definition) is 6. The zero-order valence-corrected chi connectivity index (χ0v) is 18.1. The molecule has 0 bridgehead atoms. The number of aliphatic hydroxyl groups excluding tert-OH is 1. The highest BCUT2D eigenvalue weighted by Crippen LogP contribution is 2.53. The van der Waals surface area contributed by atoms with E-state index in [1.807, 2.05) is 0 Å². The molecule has 1 fully saturated rings. The van der Waals surface area contributed by atoms with Crippen molar-refractivity contribution in [1.29, 1.82) is 0 Å². The fourth-order valence-corrected chi connectivity index (χ4v) is 5.59. The molecule has 1 saturated carbocycles. The highest BCUT2D eigenvalue weighted by Gasteiger charge is 2.60. The zero-order valence-electron chi connectivity index (χ0n) is 18.1. The molecule has 1 aromatic carbocycles. The van der Waals surface area contributed by atoms with Gasteiger partial charge in [-0.25, -0.2) is 0 Å². The van der Waals surface area contributed by atoms with Gasteiger partial charge in [0, 0.05) is 22.8 Å². The molecule has 5 N–H and O–H groups in total. The summed E-state index contributed by atoms with van der Waals surface area (Å²) in [6.45, 7) is 6.18. The average Bonchev–Trinajstić information content (AvgIpc) is 2.69. The van der Waals surface area contributed by atoms with Crippen LogP contribution in [0.3, 0.4) is 0 Å². The normalized spacial score (nSPS) is 28.3. The number of aliphatic hydroxyl groups is 2. The lowest BCUT2D eigenvalue weighted by molar-refractivity contribution is -0.157. The first-order valence-corrected chi connectivity index (χ1v) is 10.5. The van der Waals surface area contributed by atoms with Crippen LogP contribution in [0, 0.1) is 11.8 Å². The van der Waals surface area contributed by atoms with Crippen molar-refractivity contribution >= 4 is 17.3 Å². The molecule has 9 heteroatoms. The number of Topliss-reactive ketones (excluding diaryl/α,β-unsaturated/α-hetero) is 2. The molecule has 0 unspecified atom stereocenters. The van der Waals surface area contributed by atoms with Gasteiger partial charge in [-0.3, -0.25) is 9.59 Å². The lowest BCUT2D eigenvalue weighted by Gasteiger charge is -2.46. The number of ketones is 2. The molecule has 3 aliphatic carbocycles. The van der Waals surface area contributed by atoms with Crippen LogP contribution < -0.4 is 5.73 Å². The quantitative estimate of drug-likeness (QED) is 0.498. The molecule has 0 aliphatic heterocycles. The van der Waals surface area contributed by atoms with Crippen molar-refractivity contribution in [2.24, 2.45) is 17.6 Å². The minimum absolute atomic E-state index is 0.0269. The van der Waals surface area contributed by atoms with Gasteiger partial charge in [0.05, 0.1) is 11.5 Å². The number of aromatic hydroxyl groups is 1. The predicted octanol–water partition coefficient (Wildman–Crippen LogP) is 3.58. The van der Waals surface area contributed by atoms with E-state index in [2.05, 4.69) is 6.58 Å². The summed E-state index contributed by atoms with van der Waals surface area (Å²) < 4.78 is 40.4. The van der Waals surface area contributed by atoms with E-state index in [1.54, 1.807) is 6.92 Å². The molecule has 0 spiro atoms. The van der Waals surface area contributed by atoms with Crippen molar-refractivity contribution in [3.05, 3.63) is 57.8 Å². The van der Waals surface area contributed by atoms with Crippen LogP contribution in [0.1, 0.15) is 49.3 Å². The first kappa shape index (κ1) is 23.1. The van der Waals surface area contributed by atoms with E-state index in [1.165, 1.54) is 6.07 Å². The van der Waals surface area contributed by atoms with E-state index < -0.39 is 52.6 Å². The molecule has 0 aromatic heterocycles. The Kier molecular flexibility index (Phi) is 5.05. The van der Waals surface area contributed by atoms with Crippen LogP contribution in [0.2, 0.25) is 0 Å². The van der Waals surface area contributed by atoms with Crippen LogP contribution >= 0.6 is 0 Å². The number of hydrogen-bond donors (Lipinski definition) is 4. The number of phenolic OH excluding ortho intramolecular Hbond substituents is 1. The monoisotopic (exact) mass is 463 g/mol. The largest absolute Gasteiger partial charge is 0.507 e. The molecule has 1 aromatic rings. The molecular formula is C24H24F3NO5. The number of alkyl halides is 3. The van der Waals surface area contributed by atoms with Crippen molar-refractivity contribution in [1.82, 2.24) is 0 Å². The highest BCUT2D eigenvalue weighted by molar-refractivity contribution is 6.26. The fourth-order valence-electron chi connectivity index (χ4n) is 5.59. The summed E-state index contributed by atoms with van der Waals surface area (Å²) in [7, 11) is 0. The van der Waals surface area contributed by atoms with Gasteiger partial charge in [-0.1, -0.05) is 18.2 Å². The minimum atomic E-state index is -4.55. The predicted molar refractivity (Wildman–Crippen MR) is 113 cm³/mol. The molecule has 0 amide bonds. The number of allylic oxidation sites excluding steroid dienone is 2. The number of phenols is 1. The third kappa shape index (κ3) is 3.13. The van der Waals surface area contributed by atoms with Crippen LogP contribution in [0.5, 0.6) is 5.75 Å². The Morgan fingerprint density at radius 3 is 2.42 bits per heavy atom. The van der Waals surface area contributed by atoms with Crippen LogP contribution in [0.25, 0.3) is 5.76 Å². The molecule has 6 nitrogen and oxygen atoms in total. The highest BCUT2D eigenvalue weighted by atomic mass is 19.4. The molecule has 0 radical (unpaired) electrons. The molecule has 33 heavy (non-hydrogen) atoms. The SMILES string of the molecule is C=C(N)C1=C(C)C[C@@H]2C[C@@H]3Cc4c([C@H](C)C(F)(F)F)ccc(O)c4C(O)=C3C(=O)[C@]2(O)C1=O. The number of carbonyl (C=O) groups excluding carboxylic acids is 2. The number of rotatable bonds is 2. The van der Waals surface area contributed by atoms with Gasteiger partial charge in [0.1, 0.15) is 11.5 Å². The molecule has 3 aliphatic rings. The van der Waals surface area contributed by atoms with Gasteiger partial charge in [0.25, 0.3) is 0 Å². The number of carbonyl (C=O) groups is 2. The summed E-state index contributed by atoms with van der Waals surface area (Å²) in [5, 5.41) is 32.6. The zero-order chi connectivity index (χ0) is 24.6. The third-order valence-corrected chi connectivity index (χ3v) is 7.26. The maximum Gasteiger partial charge on any atom is 0.395 e. The molecule has 0 heterocycles. The number of nitrogens with two attached hydrogens (primary N) is 1. The second-order valence-corrected chi connectivity index (χ2v) is 9.20. The Morgan fingerprint density at radius 1 is 1.21 bits per heavy atom. The molecular weight excluding hydrogens is 439 g/mol. The Hall–Kier alpha value is -3.07. The van der Waals surface area contributed by atoms with E-state index in [-0.39, 0.29) is 52.8 Å². The lowest BCUT2D eigenvalue weighted by Crippen LogP contribution is -2.60. The first-order valence-electron chi connectivity index (χ1n) is 10.5. The summed E-state index contributed by atoms with van der Waals surface area (Å²) in [4.78, 5) is 26.6. The van der Waals surface area contributed by atoms with Gasteiger partial charge in [-0.15, -0.1) is 0 Å². The van der Waals surface area contributed by atoms with E-state index in [0.717, 1.165) is 13.0 Å². The molecule has 4 rings (SSSR count). The molecule has 176 valence electrons. The molecule has 4 atom stereocenters. The average molecular weight is 463 g/mol. The Labute approximate surface area is 187 Å².